The normalized spacial score (nSPS) is 10.7. The molecule has 25 heavy (non-hydrogen) atoms. The molecule has 0 aliphatic heterocycles. The molecule has 0 saturated carbocycles. The highest BCUT2D eigenvalue weighted by molar-refractivity contribution is 7.98. The smallest absolute Gasteiger partial charge is 0.248 e. The molecular weight excluding hydrogens is 346 g/mol. The van der Waals surface area contributed by atoms with Crippen LogP contribution in [-0.2, 0) is 12.8 Å². The zero-order chi connectivity index (χ0) is 17.8. The number of ether oxygens (including phenoxy) is 3. The van der Waals surface area contributed by atoms with Crippen LogP contribution in [-0.4, -0.2) is 46.3 Å². The van der Waals surface area contributed by atoms with Crippen LogP contribution >= 0.6 is 11.8 Å². The Balaban J connectivity index is 1.83. The first-order chi connectivity index (χ1) is 12.2. The fraction of sp³-hybridized carbons (Fsp3) is 0.333. The third-order valence-corrected chi connectivity index (χ3v) is 4.39. The third kappa shape index (κ3) is 3.53. The summed E-state index contributed by atoms with van der Waals surface area (Å²) in [5, 5.41) is 16.8. The molecule has 2 heterocycles. The van der Waals surface area contributed by atoms with E-state index in [1.807, 2.05) is 11.6 Å². The van der Waals surface area contributed by atoms with E-state index >= 15 is 0 Å². The van der Waals surface area contributed by atoms with Gasteiger partial charge in [-0.15, -0.1) is 20.4 Å². The van der Waals surface area contributed by atoms with Gasteiger partial charge in [0.2, 0.25) is 17.5 Å². The number of aryl methyl sites for hydroxylation is 1. The van der Waals surface area contributed by atoms with Crippen LogP contribution in [0.1, 0.15) is 5.89 Å². The topological polar surface area (TPSA) is 97.3 Å². The predicted molar refractivity (Wildman–Crippen MR) is 90.0 cm³/mol. The molecule has 132 valence electrons. The van der Waals surface area contributed by atoms with Crippen molar-refractivity contribution in [2.75, 3.05) is 21.3 Å². The van der Waals surface area contributed by atoms with Crippen molar-refractivity contribution in [2.24, 2.45) is 7.05 Å². The monoisotopic (exact) mass is 363 g/mol. The van der Waals surface area contributed by atoms with Crippen molar-refractivity contribution in [1.29, 1.82) is 0 Å². The lowest BCUT2D eigenvalue weighted by atomic mass is 10.2. The first-order valence-corrected chi connectivity index (χ1v) is 8.24. The second kappa shape index (κ2) is 7.43. The van der Waals surface area contributed by atoms with Gasteiger partial charge in [0.1, 0.15) is 6.33 Å². The van der Waals surface area contributed by atoms with Crippen LogP contribution in [0.15, 0.2) is 28.0 Å². The largest absolute Gasteiger partial charge is 0.493 e. The minimum Gasteiger partial charge on any atom is -0.493 e. The lowest BCUT2D eigenvalue weighted by Gasteiger charge is -2.12. The Morgan fingerprint density at radius 2 is 1.76 bits per heavy atom. The van der Waals surface area contributed by atoms with E-state index < -0.39 is 0 Å². The molecule has 2 aromatic heterocycles. The lowest BCUT2D eigenvalue weighted by Crippen LogP contribution is -1.95. The van der Waals surface area contributed by atoms with Crippen molar-refractivity contribution >= 4 is 11.8 Å². The average molecular weight is 363 g/mol. The van der Waals surface area contributed by atoms with Gasteiger partial charge in [-0.05, 0) is 12.1 Å². The molecule has 0 bridgehead atoms. The van der Waals surface area contributed by atoms with Gasteiger partial charge in [-0.25, -0.2) is 0 Å². The molecule has 9 nitrogen and oxygen atoms in total. The molecule has 0 amide bonds. The average Bonchev–Trinajstić information content (AvgIpc) is 3.27. The minimum atomic E-state index is 0.368. The number of thioether (sulfide) groups is 1. The third-order valence-electron chi connectivity index (χ3n) is 3.37. The summed E-state index contributed by atoms with van der Waals surface area (Å²) in [5.41, 5.74) is 0.678. The van der Waals surface area contributed by atoms with Gasteiger partial charge in [0, 0.05) is 12.6 Å². The van der Waals surface area contributed by atoms with Gasteiger partial charge in [0.05, 0.1) is 27.1 Å². The van der Waals surface area contributed by atoms with Crippen LogP contribution in [0.25, 0.3) is 11.5 Å². The molecule has 0 saturated heterocycles. The highest BCUT2D eigenvalue weighted by atomic mass is 32.2. The summed E-state index contributed by atoms with van der Waals surface area (Å²) in [6.07, 6.45) is 1.64. The van der Waals surface area contributed by atoms with E-state index in [-0.39, 0.29) is 0 Å². The predicted octanol–water partition coefficient (Wildman–Crippen LogP) is 2.18. The van der Waals surface area contributed by atoms with Gasteiger partial charge >= 0.3 is 0 Å². The number of aromatic nitrogens is 5. The second-order valence-corrected chi connectivity index (χ2v) is 5.87. The molecule has 3 aromatic rings. The molecule has 0 N–H and O–H groups in total. The maximum atomic E-state index is 5.73. The Morgan fingerprint density at radius 1 is 1.04 bits per heavy atom. The number of nitrogens with zero attached hydrogens (tertiary/aromatic N) is 5. The van der Waals surface area contributed by atoms with Crippen LogP contribution in [0.4, 0.5) is 0 Å². The number of benzene rings is 1. The van der Waals surface area contributed by atoms with Gasteiger partial charge in [-0.1, -0.05) is 11.8 Å². The number of rotatable bonds is 7. The Hall–Kier alpha value is -2.75. The van der Waals surface area contributed by atoms with Crippen molar-refractivity contribution < 1.29 is 18.6 Å². The number of methoxy groups -OCH3 is 3. The Kier molecular flexibility index (Phi) is 5.08. The Morgan fingerprint density at radius 3 is 2.32 bits per heavy atom. The van der Waals surface area contributed by atoms with E-state index in [1.54, 1.807) is 39.8 Å². The fourth-order valence-corrected chi connectivity index (χ4v) is 2.89. The molecule has 0 fully saturated rings. The van der Waals surface area contributed by atoms with Crippen LogP contribution in [0.3, 0.4) is 0 Å². The van der Waals surface area contributed by atoms with E-state index in [0.29, 0.717) is 40.3 Å². The van der Waals surface area contributed by atoms with Gasteiger partial charge in [0.25, 0.3) is 0 Å². The molecule has 0 radical (unpaired) electrons. The summed E-state index contributed by atoms with van der Waals surface area (Å²) < 4.78 is 23.5. The van der Waals surface area contributed by atoms with Crippen molar-refractivity contribution in [2.45, 2.75) is 10.9 Å². The summed E-state index contributed by atoms with van der Waals surface area (Å²) >= 11 is 1.46. The lowest BCUT2D eigenvalue weighted by molar-refractivity contribution is 0.324. The summed E-state index contributed by atoms with van der Waals surface area (Å²) in [7, 11) is 6.53. The molecule has 1 aromatic carbocycles. The van der Waals surface area contributed by atoms with E-state index in [9.17, 15) is 0 Å². The molecule has 0 spiro atoms. The standard InChI is InChI=1S/C15H17N5O4S/c1-20-8-16-19-15(20)25-7-12-17-18-14(24-12)9-5-10(21-2)13(23-4)11(6-9)22-3/h5-6,8H,7H2,1-4H3. The van der Waals surface area contributed by atoms with E-state index in [1.165, 1.54) is 11.8 Å². The zero-order valence-electron chi connectivity index (χ0n) is 14.2. The van der Waals surface area contributed by atoms with Crippen molar-refractivity contribution in [3.05, 3.63) is 24.4 Å². The maximum Gasteiger partial charge on any atom is 0.248 e. The molecule has 3 rings (SSSR count). The highest BCUT2D eigenvalue weighted by Gasteiger charge is 2.17. The van der Waals surface area contributed by atoms with E-state index in [0.717, 1.165) is 5.16 Å². The number of hydrogen-bond donors (Lipinski definition) is 0. The van der Waals surface area contributed by atoms with Crippen LogP contribution in [0, 0.1) is 0 Å². The molecule has 0 atom stereocenters. The van der Waals surface area contributed by atoms with Gasteiger partial charge in [-0.3, -0.25) is 0 Å². The highest BCUT2D eigenvalue weighted by Crippen LogP contribution is 2.40. The SMILES string of the molecule is COc1cc(-c2nnc(CSc3nncn3C)o2)cc(OC)c1OC. The van der Waals surface area contributed by atoms with Gasteiger partial charge in [-0.2, -0.15) is 0 Å². The summed E-state index contributed by atoms with van der Waals surface area (Å²) in [6.45, 7) is 0. The second-order valence-electron chi connectivity index (χ2n) is 4.93. The van der Waals surface area contributed by atoms with Crippen molar-refractivity contribution in [1.82, 2.24) is 25.0 Å². The first-order valence-electron chi connectivity index (χ1n) is 7.25. The maximum absolute atomic E-state index is 5.73. The van der Waals surface area contributed by atoms with Crippen molar-refractivity contribution in [3.63, 3.8) is 0 Å². The van der Waals surface area contributed by atoms with Crippen LogP contribution < -0.4 is 14.2 Å². The molecular formula is C15H17N5O4S. The Bertz CT molecular complexity index is 838. The quantitative estimate of drug-likeness (QED) is 0.585. The van der Waals surface area contributed by atoms with E-state index in [4.69, 9.17) is 18.6 Å². The zero-order valence-corrected chi connectivity index (χ0v) is 15.0. The summed E-state index contributed by atoms with van der Waals surface area (Å²) in [4.78, 5) is 0. The number of hydrogen-bond acceptors (Lipinski definition) is 9. The minimum absolute atomic E-state index is 0.368. The fourth-order valence-electron chi connectivity index (χ4n) is 2.16. The van der Waals surface area contributed by atoms with Gasteiger partial charge in [0.15, 0.2) is 16.7 Å². The van der Waals surface area contributed by atoms with E-state index in [2.05, 4.69) is 20.4 Å². The molecule has 0 aliphatic rings. The van der Waals surface area contributed by atoms with Gasteiger partial charge < -0.3 is 23.2 Å². The first kappa shape index (κ1) is 17.1. The van der Waals surface area contributed by atoms with Crippen LogP contribution in [0.2, 0.25) is 0 Å². The molecule has 10 heteroatoms. The summed E-state index contributed by atoms with van der Waals surface area (Å²) in [5.74, 6) is 2.88. The Labute approximate surface area is 148 Å². The molecule has 0 aliphatic carbocycles. The molecule has 0 unspecified atom stereocenters. The van der Waals surface area contributed by atoms with Crippen molar-refractivity contribution in [3.8, 4) is 28.7 Å². The van der Waals surface area contributed by atoms with Crippen LogP contribution in [0.5, 0.6) is 17.2 Å². The summed E-state index contributed by atoms with van der Waals surface area (Å²) in [6, 6.07) is 3.52.